The molecule has 0 radical (unpaired) electrons. The summed E-state index contributed by atoms with van der Waals surface area (Å²) in [6.07, 6.45) is 6.35. The summed E-state index contributed by atoms with van der Waals surface area (Å²) in [6, 6.07) is 12.0. The summed E-state index contributed by atoms with van der Waals surface area (Å²) in [7, 11) is 0. The maximum Gasteiger partial charge on any atom is 0.246 e. The van der Waals surface area contributed by atoms with Gasteiger partial charge in [-0.25, -0.2) is 0 Å². The average molecular weight is 394 g/mol. The molecule has 1 aliphatic heterocycles. The molecule has 3 heterocycles. The van der Waals surface area contributed by atoms with Gasteiger partial charge in [0.2, 0.25) is 17.6 Å². The fraction of sp³-hybridized carbons (Fsp3) is 0.318. The van der Waals surface area contributed by atoms with Crippen LogP contribution in [0.3, 0.4) is 0 Å². The number of hydrogen-bond acceptors (Lipinski definition) is 5. The van der Waals surface area contributed by atoms with E-state index in [0.29, 0.717) is 24.1 Å². The van der Waals surface area contributed by atoms with Gasteiger partial charge in [-0.15, -0.1) is 11.3 Å². The van der Waals surface area contributed by atoms with Gasteiger partial charge < -0.3 is 9.42 Å². The zero-order valence-corrected chi connectivity index (χ0v) is 16.7. The number of carbonyl (C=O) groups excluding carboxylic acids is 1. The number of aryl methyl sites for hydroxylation is 1. The van der Waals surface area contributed by atoms with Gasteiger partial charge in [-0.2, -0.15) is 4.98 Å². The Morgan fingerprint density at radius 2 is 2.21 bits per heavy atom. The quantitative estimate of drug-likeness (QED) is 0.595. The van der Waals surface area contributed by atoms with Crippen molar-refractivity contribution in [2.75, 3.05) is 13.1 Å². The van der Waals surface area contributed by atoms with Crippen LogP contribution in [-0.4, -0.2) is 34.0 Å². The molecule has 3 aromatic rings. The van der Waals surface area contributed by atoms with E-state index < -0.39 is 0 Å². The van der Waals surface area contributed by atoms with E-state index in [1.54, 1.807) is 17.4 Å². The number of carbonyl (C=O) groups is 1. The second-order valence-corrected chi connectivity index (χ2v) is 8.15. The van der Waals surface area contributed by atoms with E-state index in [1.807, 2.05) is 59.7 Å². The summed E-state index contributed by atoms with van der Waals surface area (Å²) in [5.74, 6) is 1.70. The molecule has 1 amide bonds. The third kappa shape index (κ3) is 4.39. The van der Waals surface area contributed by atoms with E-state index in [1.165, 1.54) is 0 Å². The molecule has 1 unspecified atom stereocenters. The van der Waals surface area contributed by atoms with Crippen LogP contribution in [0.5, 0.6) is 0 Å². The lowest BCUT2D eigenvalue weighted by atomic mass is 9.94. The van der Waals surface area contributed by atoms with E-state index >= 15 is 0 Å². The standard InChI is InChI=1S/C22H23N3O2S/c1-16-6-2-3-9-19(16)22-23-20(27-24-22)14-17-7-4-12-25(15-17)21(26)11-10-18-8-5-13-28-18/h2-3,5-6,8-11,13,17H,4,7,12,14-15H2,1H3/b11-10-. The largest absolute Gasteiger partial charge is 0.339 e. The summed E-state index contributed by atoms with van der Waals surface area (Å²) in [5, 5.41) is 6.16. The minimum absolute atomic E-state index is 0.0734. The van der Waals surface area contributed by atoms with Crippen LogP contribution in [-0.2, 0) is 11.2 Å². The number of hydrogen-bond donors (Lipinski definition) is 0. The van der Waals surface area contributed by atoms with Crippen LogP contribution in [0.15, 0.2) is 52.4 Å². The van der Waals surface area contributed by atoms with E-state index in [-0.39, 0.29) is 5.91 Å². The molecular weight excluding hydrogens is 370 g/mol. The molecule has 4 rings (SSSR count). The van der Waals surface area contributed by atoms with Crippen LogP contribution in [0.1, 0.15) is 29.2 Å². The SMILES string of the molecule is Cc1ccccc1-c1noc(CC2CCCN(C(=O)/C=C\c3cccs3)C2)n1. The Hall–Kier alpha value is -2.73. The molecule has 1 saturated heterocycles. The number of amides is 1. The van der Waals surface area contributed by atoms with Crippen molar-refractivity contribution in [2.45, 2.75) is 26.2 Å². The monoisotopic (exact) mass is 393 g/mol. The predicted molar refractivity (Wildman–Crippen MR) is 111 cm³/mol. The highest BCUT2D eigenvalue weighted by molar-refractivity contribution is 7.10. The summed E-state index contributed by atoms with van der Waals surface area (Å²) >= 11 is 1.63. The van der Waals surface area contributed by atoms with Gasteiger partial charge >= 0.3 is 0 Å². The molecule has 0 saturated carbocycles. The Balaban J connectivity index is 1.38. The second kappa shape index (κ2) is 8.52. The lowest BCUT2D eigenvalue weighted by Gasteiger charge is -2.31. The number of aromatic nitrogens is 2. The van der Waals surface area contributed by atoms with Crippen molar-refractivity contribution >= 4 is 23.3 Å². The number of nitrogens with zero attached hydrogens (tertiary/aromatic N) is 3. The highest BCUT2D eigenvalue weighted by Gasteiger charge is 2.24. The smallest absolute Gasteiger partial charge is 0.246 e. The zero-order chi connectivity index (χ0) is 19.3. The van der Waals surface area contributed by atoms with E-state index in [2.05, 4.69) is 10.1 Å². The third-order valence-electron chi connectivity index (χ3n) is 5.08. The van der Waals surface area contributed by atoms with Crippen molar-refractivity contribution in [3.05, 3.63) is 64.2 Å². The number of thiophene rings is 1. The number of rotatable bonds is 5. The minimum Gasteiger partial charge on any atom is -0.339 e. The molecule has 1 atom stereocenters. The van der Waals surface area contributed by atoms with E-state index in [4.69, 9.17) is 4.52 Å². The van der Waals surface area contributed by atoms with Crippen LogP contribution >= 0.6 is 11.3 Å². The molecule has 2 aromatic heterocycles. The number of likely N-dealkylation sites (tertiary alicyclic amines) is 1. The van der Waals surface area contributed by atoms with Crippen molar-refractivity contribution in [1.29, 1.82) is 0 Å². The molecule has 0 spiro atoms. The first-order valence-corrected chi connectivity index (χ1v) is 10.5. The van der Waals surface area contributed by atoms with Crippen LogP contribution in [0.4, 0.5) is 0 Å². The van der Waals surface area contributed by atoms with Crippen molar-refractivity contribution in [2.24, 2.45) is 5.92 Å². The van der Waals surface area contributed by atoms with Crippen molar-refractivity contribution in [3.63, 3.8) is 0 Å². The topological polar surface area (TPSA) is 59.2 Å². The van der Waals surface area contributed by atoms with Crippen molar-refractivity contribution < 1.29 is 9.32 Å². The Morgan fingerprint density at radius 3 is 3.04 bits per heavy atom. The first-order chi connectivity index (χ1) is 13.7. The van der Waals surface area contributed by atoms with Gasteiger partial charge in [0.15, 0.2) is 0 Å². The highest BCUT2D eigenvalue weighted by atomic mass is 32.1. The lowest BCUT2D eigenvalue weighted by molar-refractivity contribution is -0.127. The Labute approximate surface area is 168 Å². The molecule has 0 aliphatic carbocycles. The first kappa shape index (κ1) is 18.6. The molecular formula is C22H23N3O2S. The van der Waals surface area contributed by atoms with Crippen molar-refractivity contribution in [1.82, 2.24) is 15.0 Å². The first-order valence-electron chi connectivity index (χ1n) is 9.58. The second-order valence-electron chi connectivity index (χ2n) is 7.17. The van der Waals surface area contributed by atoms with Gasteiger partial charge in [-0.05, 0) is 48.8 Å². The highest BCUT2D eigenvalue weighted by Crippen LogP contribution is 2.24. The van der Waals surface area contributed by atoms with Gasteiger partial charge in [-0.3, -0.25) is 4.79 Å². The zero-order valence-electron chi connectivity index (χ0n) is 15.9. The predicted octanol–water partition coefficient (Wildman–Crippen LogP) is 4.60. The number of piperidine rings is 1. The molecule has 1 aliphatic rings. The van der Waals surface area contributed by atoms with Crippen LogP contribution in [0.25, 0.3) is 17.5 Å². The lowest BCUT2D eigenvalue weighted by Crippen LogP contribution is -2.39. The molecule has 6 heteroatoms. The van der Waals surface area contributed by atoms with Crippen LogP contribution < -0.4 is 0 Å². The fourth-order valence-corrected chi connectivity index (χ4v) is 4.21. The fourth-order valence-electron chi connectivity index (χ4n) is 3.59. The van der Waals surface area contributed by atoms with Crippen molar-refractivity contribution in [3.8, 4) is 11.4 Å². The van der Waals surface area contributed by atoms with Gasteiger partial charge in [0.05, 0.1) is 0 Å². The summed E-state index contributed by atoms with van der Waals surface area (Å²) in [4.78, 5) is 20.1. The van der Waals surface area contributed by atoms with Gasteiger partial charge in [-0.1, -0.05) is 35.5 Å². The Morgan fingerprint density at radius 1 is 1.32 bits per heavy atom. The maximum absolute atomic E-state index is 12.5. The summed E-state index contributed by atoms with van der Waals surface area (Å²) in [6.45, 7) is 3.58. The normalized spacial score (nSPS) is 17.3. The minimum atomic E-state index is 0.0734. The molecule has 0 bridgehead atoms. The van der Waals surface area contributed by atoms with Gasteiger partial charge in [0, 0.05) is 36.0 Å². The Kier molecular flexibility index (Phi) is 5.67. The van der Waals surface area contributed by atoms with Crippen LogP contribution in [0.2, 0.25) is 0 Å². The third-order valence-corrected chi connectivity index (χ3v) is 5.92. The molecule has 0 N–H and O–H groups in total. The number of benzene rings is 1. The molecule has 1 fully saturated rings. The average Bonchev–Trinajstić information content (AvgIpc) is 3.39. The van der Waals surface area contributed by atoms with Gasteiger partial charge in [0.1, 0.15) is 0 Å². The van der Waals surface area contributed by atoms with E-state index in [0.717, 1.165) is 41.9 Å². The van der Waals surface area contributed by atoms with Crippen LogP contribution in [0, 0.1) is 12.8 Å². The molecule has 1 aromatic carbocycles. The summed E-state index contributed by atoms with van der Waals surface area (Å²) < 4.78 is 5.49. The molecule has 144 valence electrons. The maximum atomic E-state index is 12.5. The van der Waals surface area contributed by atoms with Gasteiger partial charge in [0.25, 0.3) is 0 Å². The molecule has 28 heavy (non-hydrogen) atoms. The summed E-state index contributed by atoms with van der Waals surface area (Å²) in [5.41, 5.74) is 2.12. The Bertz CT molecular complexity index is 962. The van der Waals surface area contributed by atoms with E-state index in [9.17, 15) is 4.79 Å². The molecule has 5 nitrogen and oxygen atoms in total.